The number of fused-ring (bicyclic) bond motifs is 1. The van der Waals surface area contributed by atoms with Crippen LogP contribution in [0.4, 0.5) is 0 Å². The molecular formula is C9H11NaO7S. The van der Waals surface area contributed by atoms with Crippen molar-refractivity contribution in [2.45, 2.75) is 35.6 Å². The quantitative estimate of drug-likeness (QED) is 0.136. The van der Waals surface area contributed by atoms with Crippen LogP contribution in [0.15, 0.2) is 12.2 Å². The van der Waals surface area contributed by atoms with E-state index in [1.54, 1.807) is 0 Å². The second-order valence-electron chi connectivity index (χ2n) is 4.57. The Labute approximate surface area is 126 Å². The van der Waals surface area contributed by atoms with Gasteiger partial charge in [0.15, 0.2) is 11.7 Å². The normalized spacial score (nSPS) is 39.5. The number of epoxide rings is 1. The fourth-order valence-electron chi connectivity index (χ4n) is 1.96. The van der Waals surface area contributed by atoms with Crippen molar-refractivity contribution in [1.82, 2.24) is 0 Å². The maximum Gasteiger partial charge on any atom is 1.00 e. The predicted octanol–water partition coefficient (Wildman–Crippen LogP) is -4.31. The number of aliphatic hydroxyl groups is 1. The molecule has 1 aliphatic heterocycles. The molecule has 0 radical (unpaired) electrons. The topological polar surface area (TPSA) is 108 Å². The molecule has 0 aromatic rings. The molecule has 2 fully saturated rings. The van der Waals surface area contributed by atoms with Crippen LogP contribution in [-0.2, 0) is 24.6 Å². The molecule has 0 amide bonds. The molecule has 96 valence electrons. The van der Waals surface area contributed by atoms with Crippen molar-refractivity contribution in [3.05, 3.63) is 12.2 Å². The molecule has 1 heterocycles. The molecule has 0 aromatic heterocycles. The summed E-state index contributed by atoms with van der Waals surface area (Å²) in [5.74, 6) is 0. The van der Waals surface area contributed by atoms with Gasteiger partial charge in [-0.1, -0.05) is 0 Å². The molecule has 0 aromatic carbocycles. The first-order valence-corrected chi connectivity index (χ1v) is 6.62. The van der Waals surface area contributed by atoms with E-state index in [2.05, 4.69) is 4.89 Å². The van der Waals surface area contributed by atoms with Gasteiger partial charge < -0.3 is 14.4 Å². The molecule has 3 rings (SSSR count). The van der Waals surface area contributed by atoms with Gasteiger partial charge in [0, 0.05) is 0 Å². The average Bonchev–Trinajstić information content (AvgIpc) is 3.14. The third-order valence-electron chi connectivity index (χ3n) is 3.38. The number of ether oxygens (including phenoxy) is 1. The minimum absolute atomic E-state index is 0. The first-order chi connectivity index (χ1) is 7.83. The van der Waals surface area contributed by atoms with E-state index in [4.69, 9.17) is 9.62 Å². The fraction of sp³-hybridized carbons (Fsp3) is 0.778. The number of aliphatic hydroxyl groups excluding tert-OH is 1. The van der Waals surface area contributed by atoms with Gasteiger partial charge in [-0.2, -0.15) is 0 Å². The Bertz CT molecular complexity index is 483. The Morgan fingerprint density at radius 1 is 1.56 bits per heavy atom. The van der Waals surface area contributed by atoms with Crippen LogP contribution in [0.5, 0.6) is 0 Å². The van der Waals surface area contributed by atoms with E-state index in [0.717, 1.165) is 0 Å². The molecule has 4 unspecified atom stereocenters. The molecule has 0 bridgehead atoms. The van der Waals surface area contributed by atoms with Crippen LogP contribution >= 0.6 is 0 Å². The Morgan fingerprint density at radius 2 is 2.17 bits per heavy atom. The molecule has 18 heavy (non-hydrogen) atoms. The molecular weight excluding hydrogens is 275 g/mol. The van der Waals surface area contributed by atoms with E-state index < -0.39 is 38.8 Å². The molecule has 1 saturated carbocycles. The van der Waals surface area contributed by atoms with Gasteiger partial charge in [-0.25, -0.2) is 18.2 Å². The molecule has 2 aliphatic carbocycles. The summed E-state index contributed by atoms with van der Waals surface area (Å²) in [4.78, 5) is 9.53. The van der Waals surface area contributed by atoms with Crippen molar-refractivity contribution < 1.29 is 62.1 Å². The summed E-state index contributed by atoms with van der Waals surface area (Å²) in [5.41, 5.74) is -1.19. The Balaban J connectivity index is 0.00000120. The summed E-state index contributed by atoms with van der Waals surface area (Å²) in [6, 6.07) is 0. The summed E-state index contributed by atoms with van der Waals surface area (Å²) in [6.45, 7) is 0.855. The maximum absolute atomic E-state index is 10.6. The van der Waals surface area contributed by atoms with Gasteiger partial charge in [0.2, 0.25) is 0 Å². The smallest absolute Gasteiger partial charge is 0.748 e. The zero-order valence-electron chi connectivity index (χ0n) is 9.90. The Morgan fingerprint density at radius 3 is 2.61 bits per heavy atom. The van der Waals surface area contributed by atoms with Crippen LogP contribution in [0.2, 0.25) is 0 Å². The van der Waals surface area contributed by atoms with E-state index in [0.29, 0.717) is 0 Å². The molecule has 3 aliphatic rings. The fourth-order valence-corrected chi connectivity index (χ4v) is 2.19. The van der Waals surface area contributed by atoms with E-state index >= 15 is 0 Å². The second kappa shape index (κ2) is 4.24. The van der Waals surface area contributed by atoms with Gasteiger partial charge in [0.1, 0.15) is 11.7 Å². The summed E-state index contributed by atoms with van der Waals surface area (Å²) >= 11 is 0. The van der Waals surface area contributed by atoms with E-state index in [1.165, 1.54) is 6.92 Å². The third-order valence-corrected chi connectivity index (χ3v) is 4.50. The van der Waals surface area contributed by atoms with Crippen LogP contribution in [-0.4, -0.2) is 53.3 Å². The standard InChI is InChI=1S/C9H12O7S.Na/c1-5(17(11,12)13)4-14-15-7-6(10)9(7)8(16-9)2-3-8;/h2-3,5-7,10H,4H2,1H3,(H,11,12,13);/q;+1/p-1. The summed E-state index contributed by atoms with van der Waals surface area (Å²) in [5, 5.41) is 8.38. The summed E-state index contributed by atoms with van der Waals surface area (Å²) in [6.07, 6.45) is 2.21. The van der Waals surface area contributed by atoms with Crippen LogP contribution < -0.4 is 29.6 Å². The van der Waals surface area contributed by atoms with E-state index in [1.807, 2.05) is 12.2 Å². The number of hydrogen-bond acceptors (Lipinski definition) is 7. The van der Waals surface area contributed by atoms with Gasteiger partial charge in [0.05, 0.1) is 22.0 Å². The van der Waals surface area contributed by atoms with E-state index in [9.17, 15) is 18.1 Å². The second-order valence-corrected chi connectivity index (χ2v) is 6.36. The zero-order chi connectivity index (χ0) is 12.5. The molecule has 1 saturated heterocycles. The minimum atomic E-state index is -4.38. The van der Waals surface area contributed by atoms with Gasteiger partial charge in [-0.3, -0.25) is 0 Å². The molecule has 4 atom stereocenters. The molecule has 2 spiro atoms. The molecule has 7 nitrogen and oxygen atoms in total. The number of rotatable bonds is 5. The van der Waals surface area contributed by atoms with Gasteiger partial charge in [-0.05, 0) is 19.1 Å². The number of hydrogen-bond donors (Lipinski definition) is 1. The monoisotopic (exact) mass is 286 g/mol. The first-order valence-electron chi connectivity index (χ1n) is 5.15. The van der Waals surface area contributed by atoms with Gasteiger partial charge in [-0.15, -0.1) is 0 Å². The SMILES string of the molecule is CC(COOC1C(O)C12OC21C=C1)S(=O)(=O)[O-].[Na+]. The average molecular weight is 286 g/mol. The van der Waals surface area contributed by atoms with E-state index in [-0.39, 0.29) is 36.2 Å². The predicted molar refractivity (Wildman–Crippen MR) is 51.7 cm³/mol. The summed E-state index contributed by atoms with van der Waals surface area (Å²) < 4.78 is 37.0. The molecule has 9 heteroatoms. The largest absolute Gasteiger partial charge is 1.00 e. The molecule has 1 N–H and O–H groups in total. The zero-order valence-corrected chi connectivity index (χ0v) is 12.7. The first kappa shape index (κ1) is 14.9. The van der Waals surface area contributed by atoms with Crippen molar-refractivity contribution in [2.75, 3.05) is 6.61 Å². The van der Waals surface area contributed by atoms with Gasteiger partial charge >= 0.3 is 29.6 Å². The van der Waals surface area contributed by atoms with Crippen molar-refractivity contribution >= 4 is 10.1 Å². The minimum Gasteiger partial charge on any atom is -0.748 e. The Kier molecular flexibility index (Phi) is 3.51. The van der Waals surface area contributed by atoms with Crippen molar-refractivity contribution in [2.24, 2.45) is 0 Å². The van der Waals surface area contributed by atoms with Crippen molar-refractivity contribution in [1.29, 1.82) is 0 Å². The van der Waals surface area contributed by atoms with Crippen LogP contribution in [0, 0.1) is 0 Å². The van der Waals surface area contributed by atoms with Crippen LogP contribution in [0.25, 0.3) is 0 Å². The van der Waals surface area contributed by atoms with Crippen molar-refractivity contribution in [3.63, 3.8) is 0 Å². The van der Waals surface area contributed by atoms with Crippen molar-refractivity contribution in [3.8, 4) is 0 Å². The van der Waals surface area contributed by atoms with Gasteiger partial charge in [0.25, 0.3) is 0 Å². The summed E-state index contributed by atoms with van der Waals surface area (Å²) in [7, 11) is -4.38. The Hall–Kier alpha value is 0.490. The third kappa shape index (κ3) is 2.00. The maximum atomic E-state index is 10.6. The van der Waals surface area contributed by atoms with Crippen LogP contribution in [0.3, 0.4) is 0 Å². The van der Waals surface area contributed by atoms with Crippen LogP contribution in [0.1, 0.15) is 6.92 Å².